The van der Waals surface area contributed by atoms with Gasteiger partial charge < -0.3 is 19.3 Å². The summed E-state index contributed by atoms with van der Waals surface area (Å²) in [4.78, 5) is 29.2. The van der Waals surface area contributed by atoms with Crippen LogP contribution >= 0.6 is 0 Å². The molecule has 0 saturated carbocycles. The lowest BCUT2D eigenvalue weighted by molar-refractivity contribution is -0.146. The summed E-state index contributed by atoms with van der Waals surface area (Å²) in [5, 5.41) is 9.81. The predicted molar refractivity (Wildman–Crippen MR) is 131 cm³/mol. The number of carboxylic acid groups (broad SMARTS) is 1. The number of benzene rings is 1. The van der Waals surface area contributed by atoms with Crippen LogP contribution in [0.3, 0.4) is 0 Å². The van der Waals surface area contributed by atoms with Crippen molar-refractivity contribution < 1.29 is 37.3 Å². The van der Waals surface area contributed by atoms with Gasteiger partial charge in [-0.3, -0.25) is 4.57 Å². The van der Waals surface area contributed by atoms with E-state index in [1.54, 1.807) is 24.3 Å². The Morgan fingerprint density at radius 3 is 2.50 bits per heavy atom. The maximum absolute atomic E-state index is 13.8. The number of para-hydroxylation sites is 1. The van der Waals surface area contributed by atoms with E-state index in [1.165, 1.54) is 27.2 Å². The lowest BCUT2D eigenvalue weighted by Gasteiger charge is -2.29. The summed E-state index contributed by atoms with van der Waals surface area (Å²) in [6, 6.07) is 7.13. The highest BCUT2D eigenvalue weighted by Crippen LogP contribution is 2.36. The van der Waals surface area contributed by atoms with Crippen LogP contribution in [0.5, 0.6) is 5.75 Å². The number of ether oxygens (including phenoxy) is 3. The van der Waals surface area contributed by atoms with Crippen molar-refractivity contribution in [3.63, 3.8) is 0 Å². The molecule has 0 spiro atoms. The van der Waals surface area contributed by atoms with E-state index in [0.29, 0.717) is 37.4 Å². The molecule has 12 heteroatoms. The third-order valence-electron chi connectivity index (χ3n) is 6.89. The average Bonchev–Trinajstić information content (AvgIpc) is 3.24. The first-order valence-corrected chi connectivity index (χ1v) is 12.2. The highest BCUT2D eigenvalue weighted by atomic mass is 19.4. The minimum atomic E-state index is -4.81. The third-order valence-corrected chi connectivity index (χ3v) is 6.89. The number of aliphatic carboxylic acids is 1. The fourth-order valence-electron chi connectivity index (χ4n) is 4.65. The van der Waals surface area contributed by atoms with E-state index in [1.807, 2.05) is 0 Å². The molecule has 4 rings (SSSR count). The quantitative estimate of drug-likeness (QED) is 0.461. The minimum Gasteiger partial charge on any atom is -0.496 e. The number of halogens is 3. The van der Waals surface area contributed by atoms with Gasteiger partial charge in [-0.25, -0.2) is 19.0 Å². The van der Waals surface area contributed by atoms with Crippen LogP contribution < -0.4 is 10.4 Å². The summed E-state index contributed by atoms with van der Waals surface area (Å²) in [5.74, 6) is -0.797. The zero-order valence-electron chi connectivity index (χ0n) is 21.5. The molecular formula is C26H30F3N3O6. The molecule has 1 aliphatic rings. The van der Waals surface area contributed by atoms with E-state index in [0.717, 1.165) is 15.9 Å². The van der Waals surface area contributed by atoms with Crippen molar-refractivity contribution in [2.45, 2.75) is 64.0 Å². The van der Waals surface area contributed by atoms with E-state index in [-0.39, 0.29) is 23.7 Å². The summed E-state index contributed by atoms with van der Waals surface area (Å²) in [7, 11) is 1.51. The van der Waals surface area contributed by atoms with Crippen molar-refractivity contribution in [3.8, 4) is 5.75 Å². The maximum Gasteiger partial charge on any atom is 0.435 e. The molecule has 0 amide bonds. The van der Waals surface area contributed by atoms with Crippen molar-refractivity contribution in [1.82, 2.24) is 14.0 Å². The fourth-order valence-corrected chi connectivity index (χ4v) is 4.65. The Morgan fingerprint density at radius 1 is 1.24 bits per heavy atom. The van der Waals surface area contributed by atoms with Gasteiger partial charge in [-0.1, -0.05) is 18.2 Å². The van der Waals surface area contributed by atoms with Crippen LogP contribution in [-0.4, -0.2) is 51.5 Å². The standard InChI is InChI=1S/C26H30F3N3O6/c1-15-21(26(27,28)29)30-22-16(14-31(24(35)32(15)22)25(2,3)23(33)34)13-20(38-17-9-11-37-12-10-17)18-7-5-6-8-19(18)36-4/h5-8,14,17,20H,9-13H2,1-4H3,(H,33,34)/t20-/m0/s1. The number of methoxy groups -OCH3 is 1. The van der Waals surface area contributed by atoms with Gasteiger partial charge in [0.05, 0.1) is 25.0 Å². The molecule has 0 bridgehead atoms. The van der Waals surface area contributed by atoms with Gasteiger partial charge in [0.1, 0.15) is 16.9 Å². The SMILES string of the molecule is COc1ccccc1[C@H](Cc1cn(C(C)(C)C(=O)O)c(=O)n2c(C)c(C(F)(F)F)nc12)OC1CCOCC1. The number of imidazole rings is 1. The van der Waals surface area contributed by atoms with Crippen molar-refractivity contribution in [1.29, 1.82) is 0 Å². The molecule has 0 aliphatic carbocycles. The molecule has 1 fully saturated rings. The number of nitrogens with zero attached hydrogens (tertiary/aromatic N) is 3. The Balaban J connectivity index is 1.94. The predicted octanol–water partition coefficient (Wildman–Crippen LogP) is 4.13. The first-order valence-electron chi connectivity index (χ1n) is 12.2. The second-order valence-corrected chi connectivity index (χ2v) is 9.76. The second-order valence-electron chi connectivity index (χ2n) is 9.76. The monoisotopic (exact) mass is 537 g/mol. The van der Waals surface area contributed by atoms with Crippen LogP contribution in [0, 0.1) is 6.92 Å². The van der Waals surface area contributed by atoms with E-state index in [2.05, 4.69) is 4.98 Å². The molecule has 0 radical (unpaired) electrons. The Morgan fingerprint density at radius 2 is 1.89 bits per heavy atom. The molecule has 1 aliphatic heterocycles. The molecule has 9 nitrogen and oxygen atoms in total. The summed E-state index contributed by atoms with van der Waals surface area (Å²) in [5.41, 5.74) is -3.64. The lowest BCUT2D eigenvalue weighted by atomic mass is 9.99. The van der Waals surface area contributed by atoms with Crippen LogP contribution in [0.2, 0.25) is 0 Å². The fraction of sp³-hybridized carbons (Fsp3) is 0.500. The van der Waals surface area contributed by atoms with E-state index < -0.39 is 40.9 Å². The summed E-state index contributed by atoms with van der Waals surface area (Å²) in [6.07, 6.45) is -3.14. The van der Waals surface area contributed by atoms with Crippen molar-refractivity contribution >= 4 is 11.6 Å². The molecule has 1 atom stereocenters. The molecule has 206 valence electrons. The number of hydrogen-bond donors (Lipinski definition) is 1. The smallest absolute Gasteiger partial charge is 0.435 e. The average molecular weight is 538 g/mol. The Kier molecular flexibility index (Phi) is 7.57. The zero-order chi connectivity index (χ0) is 27.8. The van der Waals surface area contributed by atoms with Crippen molar-refractivity contribution in [2.24, 2.45) is 0 Å². The van der Waals surface area contributed by atoms with Gasteiger partial charge in [-0.15, -0.1) is 0 Å². The van der Waals surface area contributed by atoms with Gasteiger partial charge >= 0.3 is 17.8 Å². The number of aryl methyl sites for hydroxylation is 1. The van der Waals surface area contributed by atoms with E-state index in [9.17, 15) is 27.9 Å². The normalized spacial score (nSPS) is 16.1. The number of rotatable bonds is 8. The van der Waals surface area contributed by atoms with Crippen molar-refractivity contribution in [3.05, 3.63) is 63.5 Å². The Labute approximate surface area is 216 Å². The summed E-state index contributed by atoms with van der Waals surface area (Å²) < 4.78 is 60.6. The Hall–Kier alpha value is -3.38. The molecule has 1 N–H and O–H groups in total. The molecular weight excluding hydrogens is 507 g/mol. The zero-order valence-corrected chi connectivity index (χ0v) is 21.5. The minimum absolute atomic E-state index is 0.00492. The number of carboxylic acids is 1. The first kappa shape index (κ1) is 27.6. The number of alkyl halides is 3. The van der Waals surface area contributed by atoms with Crippen LogP contribution in [0.1, 0.15) is 55.3 Å². The van der Waals surface area contributed by atoms with Gasteiger partial charge in [-0.2, -0.15) is 13.2 Å². The first-order chi connectivity index (χ1) is 17.9. The highest BCUT2D eigenvalue weighted by molar-refractivity contribution is 5.75. The number of aromatic nitrogens is 3. The molecule has 1 saturated heterocycles. The van der Waals surface area contributed by atoms with E-state index >= 15 is 0 Å². The third kappa shape index (κ3) is 5.14. The second kappa shape index (κ2) is 10.4. The van der Waals surface area contributed by atoms with Crippen LogP contribution in [0.25, 0.3) is 5.65 Å². The molecule has 1 aromatic carbocycles. The van der Waals surface area contributed by atoms with Gasteiger partial charge in [0.25, 0.3) is 0 Å². The highest BCUT2D eigenvalue weighted by Gasteiger charge is 2.39. The molecule has 38 heavy (non-hydrogen) atoms. The summed E-state index contributed by atoms with van der Waals surface area (Å²) in [6.45, 7) is 4.78. The number of hydrogen-bond acceptors (Lipinski definition) is 6. The van der Waals surface area contributed by atoms with Gasteiger partial charge in [0.15, 0.2) is 5.69 Å². The van der Waals surface area contributed by atoms with Crippen molar-refractivity contribution in [2.75, 3.05) is 20.3 Å². The van der Waals surface area contributed by atoms with Gasteiger partial charge in [0.2, 0.25) is 0 Å². The van der Waals surface area contributed by atoms with Crippen LogP contribution in [0.4, 0.5) is 13.2 Å². The van der Waals surface area contributed by atoms with Crippen LogP contribution in [-0.2, 0) is 32.4 Å². The number of carbonyl (C=O) groups is 1. The summed E-state index contributed by atoms with van der Waals surface area (Å²) >= 11 is 0. The Bertz CT molecular complexity index is 1390. The topological polar surface area (TPSA) is 104 Å². The number of fused-ring (bicyclic) bond motifs is 1. The van der Waals surface area contributed by atoms with Gasteiger partial charge in [0, 0.05) is 37.0 Å². The molecule has 3 heterocycles. The van der Waals surface area contributed by atoms with E-state index in [4.69, 9.17) is 14.2 Å². The lowest BCUT2D eigenvalue weighted by Crippen LogP contribution is -2.45. The molecule has 0 unspecified atom stereocenters. The largest absolute Gasteiger partial charge is 0.496 e. The molecule has 3 aromatic rings. The van der Waals surface area contributed by atoms with Gasteiger partial charge in [-0.05, 0) is 39.7 Å². The molecule has 2 aromatic heterocycles. The van der Waals surface area contributed by atoms with Crippen LogP contribution in [0.15, 0.2) is 35.3 Å². The maximum atomic E-state index is 13.8.